The second-order valence-corrected chi connectivity index (χ2v) is 7.36. The molecule has 2 aromatic carbocycles. The number of amides is 1. The predicted octanol–water partition coefficient (Wildman–Crippen LogP) is 5.79. The van der Waals surface area contributed by atoms with Crippen LogP contribution in [0.1, 0.15) is 22.3 Å². The Bertz CT molecular complexity index is 708. The van der Waals surface area contributed by atoms with Crippen molar-refractivity contribution in [3.05, 3.63) is 62.6 Å². The number of carbonyl (C=O) groups excluding carboxylic acids is 1. The lowest BCUT2D eigenvalue weighted by molar-refractivity contribution is -0.113. The van der Waals surface area contributed by atoms with Gasteiger partial charge in [-0.05, 0) is 49.6 Å². The highest BCUT2D eigenvalue weighted by atomic mass is 35.5. The van der Waals surface area contributed by atoms with Crippen molar-refractivity contribution in [3.63, 3.8) is 0 Å². The molecule has 2 nitrogen and oxygen atoms in total. The van der Waals surface area contributed by atoms with Crippen LogP contribution in [0.4, 0.5) is 5.69 Å². The van der Waals surface area contributed by atoms with Gasteiger partial charge in [-0.2, -0.15) is 0 Å². The van der Waals surface area contributed by atoms with Crippen molar-refractivity contribution in [3.8, 4) is 0 Å². The molecule has 0 bridgehead atoms. The first-order valence-corrected chi connectivity index (χ1v) is 9.17. The van der Waals surface area contributed by atoms with Crippen LogP contribution >= 0.6 is 35.0 Å². The van der Waals surface area contributed by atoms with Gasteiger partial charge in [-0.15, -0.1) is 11.8 Å². The number of hydrogen-bond acceptors (Lipinski definition) is 2. The maximum absolute atomic E-state index is 12.1. The molecule has 0 unspecified atom stereocenters. The number of carbonyl (C=O) groups is 1. The largest absolute Gasteiger partial charge is 0.325 e. The molecule has 0 spiro atoms. The summed E-state index contributed by atoms with van der Waals surface area (Å²) < 4.78 is 0. The number of halogens is 2. The molecule has 0 aliphatic rings. The Morgan fingerprint density at radius 3 is 2.30 bits per heavy atom. The Morgan fingerprint density at radius 2 is 1.70 bits per heavy atom. The lowest BCUT2D eigenvalue weighted by Crippen LogP contribution is -2.16. The van der Waals surface area contributed by atoms with Gasteiger partial charge in [0, 0.05) is 11.4 Å². The summed E-state index contributed by atoms with van der Waals surface area (Å²) in [7, 11) is 0. The highest BCUT2D eigenvalue weighted by Gasteiger charge is 2.09. The molecule has 1 N–H and O–H groups in total. The average molecular weight is 368 g/mol. The molecule has 0 fully saturated rings. The molecule has 1 amide bonds. The summed E-state index contributed by atoms with van der Waals surface area (Å²) >= 11 is 13.4. The van der Waals surface area contributed by atoms with Gasteiger partial charge in [0.15, 0.2) is 0 Å². The number of anilines is 1. The molecule has 2 aromatic rings. The SMILES string of the molecule is Cc1cc(C)c(NC(=O)CSCc2ccc(Cl)c(Cl)c2)c(C)c1. The first kappa shape index (κ1) is 18.2. The van der Waals surface area contributed by atoms with E-state index in [9.17, 15) is 4.79 Å². The summed E-state index contributed by atoms with van der Waals surface area (Å²) in [5, 5.41) is 4.09. The van der Waals surface area contributed by atoms with Crippen LogP contribution in [0.25, 0.3) is 0 Å². The zero-order valence-electron chi connectivity index (χ0n) is 13.4. The van der Waals surface area contributed by atoms with Gasteiger partial charge in [0.25, 0.3) is 0 Å². The van der Waals surface area contributed by atoms with E-state index in [1.807, 2.05) is 26.0 Å². The van der Waals surface area contributed by atoms with Crippen LogP contribution < -0.4 is 5.32 Å². The van der Waals surface area contributed by atoms with Crippen molar-refractivity contribution >= 4 is 46.6 Å². The summed E-state index contributed by atoms with van der Waals surface area (Å²) in [5.41, 5.74) is 5.35. The van der Waals surface area contributed by atoms with Gasteiger partial charge >= 0.3 is 0 Å². The Hall–Kier alpha value is -1.16. The summed E-state index contributed by atoms with van der Waals surface area (Å²) in [6, 6.07) is 9.69. The molecule has 2 rings (SSSR count). The van der Waals surface area contributed by atoms with E-state index in [0.717, 1.165) is 28.1 Å². The minimum absolute atomic E-state index is 0.00473. The van der Waals surface area contributed by atoms with E-state index in [1.54, 1.807) is 17.8 Å². The van der Waals surface area contributed by atoms with E-state index in [0.29, 0.717) is 15.8 Å². The van der Waals surface area contributed by atoms with E-state index >= 15 is 0 Å². The first-order valence-electron chi connectivity index (χ1n) is 7.26. The van der Waals surface area contributed by atoms with Crippen molar-refractivity contribution in [2.24, 2.45) is 0 Å². The maximum atomic E-state index is 12.1. The summed E-state index contributed by atoms with van der Waals surface area (Å²) in [5.74, 6) is 1.12. The highest BCUT2D eigenvalue weighted by molar-refractivity contribution is 7.99. The standard InChI is InChI=1S/C18H19Cl2NOS/c1-11-6-12(2)18(13(3)7-11)21-17(22)10-23-9-14-4-5-15(19)16(20)8-14/h4-8H,9-10H2,1-3H3,(H,21,22). The van der Waals surface area contributed by atoms with Gasteiger partial charge in [-0.25, -0.2) is 0 Å². The van der Waals surface area contributed by atoms with Crippen LogP contribution in [0, 0.1) is 20.8 Å². The van der Waals surface area contributed by atoms with Crippen LogP contribution in [0.3, 0.4) is 0 Å². The van der Waals surface area contributed by atoms with Crippen LogP contribution in [0.15, 0.2) is 30.3 Å². The fraction of sp³-hybridized carbons (Fsp3) is 0.278. The van der Waals surface area contributed by atoms with Gasteiger partial charge in [0.05, 0.1) is 15.8 Å². The quantitative estimate of drug-likeness (QED) is 0.724. The van der Waals surface area contributed by atoms with Crippen molar-refractivity contribution in [2.45, 2.75) is 26.5 Å². The van der Waals surface area contributed by atoms with Crippen molar-refractivity contribution < 1.29 is 4.79 Å². The van der Waals surface area contributed by atoms with Crippen LogP contribution in [0.2, 0.25) is 10.0 Å². The Balaban J connectivity index is 1.89. The number of benzene rings is 2. The molecule has 0 aliphatic carbocycles. The summed E-state index contributed by atoms with van der Waals surface area (Å²) in [6.45, 7) is 6.08. The van der Waals surface area contributed by atoms with Gasteiger partial charge in [-0.3, -0.25) is 4.79 Å². The Morgan fingerprint density at radius 1 is 1.04 bits per heavy atom. The molecule has 122 valence electrons. The first-order chi connectivity index (χ1) is 10.9. The molecule has 23 heavy (non-hydrogen) atoms. The third-order valence-corrected chi connectivity index (χ3v) is 5.17. The van der Waals surface area contributed by atoms with Gasteiger partial charge < -0.3 is 5.32 Å². The molecule has 0 saturated carbocycles. The summed E-state index contributed by atoms with van der Waals surface area (Å²) in [4.78, 5) is 12.1. The molecule has 0 heterocycles. The number of thioether (sulfide) groups is 1. The van der Waals surface area contributed by atoms with E-state index < -0.39 is 0 Å². The molecule has 5 heteroatoms. The summed E-state index contributed by atoms with van der Waals surface area (Å²) in [6.07, 6.45) is 0. The smallest absolute Gasteiger partial charge is 0.234 e. The number of aryl methyl sites for hydroxylation is 3. The van der Waals surface area contributed by atoms with E-state index in [2.05, 4.69) is 24.4 Å². The average Bonchev–Trinajstić information content (AvgIpc) is 2.46. The lowest BCUT2D eigenvalue weighted by atomic mass is 10.1. The van der Waals surface area contributed by atoms with Crippen LogP contribution in [-0.2, 0) is 10.5 Å². The monoisotopic (exact) mass is 367 g/mol. The van der Waals surface area contributed by atoms with Gasteiger partial charge in [-0.1, -0.05) is 47.0 Å². The third-order valence-electron chi connectivity index (χ3n) is 3.43. The van der Waals surface area contributed by atoms with Crippen molar-refractivity contribution in [1.29, 1.82) is 0 Å². The zero-order valence-corrected chi connectivity index (χ0v) is 15.7. The molecular weight excluding hydrogens is 349 g/mol. The molecular formula is C18H19Cl2NOS. The third kappa shape index (κ3) is 5.17. The Labute approximate surface area is 151 Å². The fourth-order valence-corrected chi connectivity index (χ4v) is 3.54. The minimum atomic E-state index is 0.00473. The maximum Gasteiger partial charge on any atom is 0.234 e. The van der Waals surface area contributed by atoms with Crippen molar-refractivity contribution in [1.82, 2.24) is 0 Å². The van der Waals surface area contributed by atoms with Crippen LogP contribution in [0.5, 0.6) is 0 Å². The number of rotatable bonds is 5. The molecule has 0 aromatic heterocycles. The minimum Gasteiger partial charge on any atom is -0.325 e. The second-order valence-electron chi connectivity index (χ2n) is 5.56. The fourth-order valence-electron chi connectivity index (χ4n) is 2.44. The zero-order chi connectivity index (χ0) is 17.0. The highest BCUT2D eigenvalue weighted by Crippen LogP contribution is 2.25. The van der Waals surface area contributed by atoms with E-state index in [4.69, 9.17) is 23.2 Å². The van der Waals surface area contributed by atoms with Crippen LogP contribution in [-0.4, -0.2) is 11.7 Å². The Kier molecular flexibility index (Phi) is 6.40. The van der Waals surface area contributed by atoms with E-state index in [1.165, 1.54) is 5.56 Å². The van der Waals surface area contributed by atoms with Gasteiger partial charge in [0.1, 0.15) is 0 Å². The van der Waals surface area contributed by atoms with Crippen molar-refractivity contribution in [2.75, 3.05) is 11.1 Å². The van der Waals surface area contributed by atoms with E-state index in [-0.39, 0.29) is 5.91 Å². The number of hydrogen-bond donors (Lipinski definition) is 1. The topological polar surface area (TPSA) is 29.1 Å². The second kappa shape index (κ2) is 8.09. The lowest BCUT2D eigenvalue weighted by Gasteiger charge is -2.12. The molecule has 0 atom stereocenters. The number of nitrogens with one attached hydrogen (secondary N) is 1. The van der Waals surface area contributed by atoms with Gasteiger partial charge in [0.2, 0.25) is 5.91 Å². The molecule has 0 radical (unpaired) electrons. The molecule has 0 aliphatic heterocycles. The normalized spacial score (nSPS) is 10.7. The molecule has 0 saturated heterocycles. The predicted molar refractivity (Wildman–Crippen MR) is 102 cm³/mol.